The van der Waals surface area contributed by atoms with Crippen LogP contribution in [0.5, 0.6) is 0 Å². The van der Waals surface area contributed by atoms with Gasteiger partial charge in [-0.2, -0.15) is 18.3 Å². The lowest BCUT2D eigenvalue weighted by Gasteiger charge is -2.01. The summed E-state index contributed by atoms with van der Waals surface area (Å²) >= 11 is 3.03. The Hall–Kier alpha value is -1.64. The highest BCUT2D eigenvalue weighted by molar-refractivity contribution is 9.10. The lowest BCUT2D eigenvalue weighted by atomic mass is 10.4. The van der Waals surface area contributed by atoms with Crippen LogP contribution >= 0.6 is 15.9 Å². The van der Waals surface area contributed by atoms with Gasteiger partial charge in [0.2, 0.25) is 12.0 Å². The Bertz CT molecular complexity index is 534. The molecule has 0 saturated heterocycles. The molecule has 0 aliphatic carbocycles. The lowest BCUT2D eigenvalue weighted by Crippen LogP contribution is -2.31. The first kappa shape index (κ1) is 11.8. The van der Waals surface area contributed by atoms with Gasteiger partial charge in [-0.05, 0) is 15.9 Å². The van der Waals surface area contributed by atoms with Crippen molar-refractivity contribution in [2.45, 2.75) is 6.18 Å². The maximum atomic E-state index is 12.3. The fourth-order valence-corrected chi connectivity index (χ4v) is 1.51. The molecule has 0 saturated carbocycles. The Morgan fingerprint density at radius 1 is 1.41 bits per heavy atom. The highest BCUT2D eigenvalue weighted by Gasteiger charge is 2.32. The van der Waals surface area contributed by atoms with Crippen molar-refractivity contribution in [1.82, 2.24) is 14.9 Å². The smallest absolute Gasteiger partial charge is 0.419 e. The van der Waals surface area contributed by atoms with Gasteiger partial charge in [-0.15, -0.1) is 0 Å². The Kier molecular flexibility index (Phi) is 2.77. The number of hydrogen-bond donors (Lipinski definition) is 0. The van der Waals surface area contributed by atoms with Crippen molar-refractivity contribution in [3.8, 4) is 5.82 Å². The second-order valence-corrected chi connectivity index (χ2v) is 4.01. The molecule has 90 valence electrons. The van der Waals surface area contributed by atoms with Crippen molar-refractivity contribution >= 4 is 15.9 Å². The third-order valence-corrected chi connectivity index (χ3v) is 2.28. The number of nitrogens with zero attached hydrogens (tertiary/aromatic N) is 4. The fraction of sp³-hybridized carbons (Fsp3) is 0.125. The molecule has 0 atom stereocenters. The lowest BCUT2D eigenvalue weighted by molar-refractivity contribution is -0.669. The number of alkyl halides is 3. The summed E-state index contributed by atoms with van der Waals surface area (Å²) in [5, 5.41) is 18.0. The molecule has 0 spiro atoms. The Labute approximate surface area is 101 Å². The van der Waals surface area contributed by atoms with Crippen LogP contribution in [0.4, 0.5) is 13.2 Å². The highest BCUT2D eigenvalue weighted by Crippen LogP contribution is 2.28. The topological polar surface area (TPSA) is 57.6 Å². The van der Waals surface area contributed by atoms with E-state index in [2.05, 4.69) is 26.1 Å². The maximum Gasteiger partial charge on any atom is 0.419 e. The molecule has 2 aromatic rings. The van der Waals surface area contributed by atoms with Crippen molar-refractivity contribution in [3.63, 3.8) is 0 Å². The van der Waals surface area contributed by atoms with E-state index in [4.69, 9.17) is 0 Å². The summed E-state index contributed by atoms with van der Waals surface area (Å²) in [6.07, 6.45) is -1.93. The van der Waals surface area contributed by atoms with E-state index in [1.807, 2.05) is 0 Å². The van der Waals surface area contributed by atoms with E-state index in [0.717, 1.165) is 17.1 Å². The van der Waals surface area contributed by atoms with E-state index in [-0.39, 0.29) is 10.7 Å². The minimum atomic E-state index is -4.47. The van der Waals surface area contributed by atoms with Crippen LogP contribution in [0, 0.1) is 5.21 Å². The summed E-state index contributed by atoms with van der Waals surface area (Å²) < 4.78 is 38.2. The molecule has 0 unspecified atom stereocenters. The van der Waals surface area contributed by atoms with Crippen molar-refractivity contribution in [3.05, 3.63) is 39.9 Å². The Balaban J connectivity index is 2.44. The van der Waals surface area contributed by atoms with Crippen LogP contribution in [-0.4, -0.2) is 14.9 Å². The van der Waals surface area contributed by atoms with Crippen LogP contribution in [-0.2, 0) is 6.18 Å². The van der Waals surface area contributed by atoms with Gasteiger partial charge < -0.3 is 5.21 Å². The van der Waals surface area contributed by atoms with Crippen LogP contribution in [0.1, 0.15) is 5.56 Å². The van der Waals surface area contributed by atoms with Crippen LogP contribution < -0.4 is 4.85 Å². The quantitative estimate of drug-likeness (QED) is 0.595. The van der Waals surface area contributed by atoms with Gasteiger partial charge in [0, 0.05) is 17.4 Å². The molecule has 0 radical (unpaired) electrons. The van der Waals surface area contributed by atoms with Crippen molar-refractivity contribution in [2.75, 3.05) is 0 Å². The number of hydrogen-bond acceptors (Lipinski definition) is 3. The van der Waals surface area contributed by atoms with Crippen LogP contribution in [0.3, 0.4) is 0 Å². The van der Waals surface area contributed by atoms with E-state index in [1.54, 1.807) is 0 Å². The van der Waals surface area contributed by atoms with Gasteiger partial charge in [0.25, 0.3) is 0 Å². The molecule has 0 N–H and O–H groups in total. The van der Waals surface area contributed by atoms with E-state index >= 15 is 0 Å². The van der Waals surface area contributed by atoms with Crippen molar-refractivity contribution in [1.29, 1.82) is 0 Å². The summed E-state index contributed by atoms with van der Waals surface area (Å²) in [4.78, 5) is 0.231. The first-order chi connectivity index (χ1) is 7.86. The predicted octanol–water partition coefficient (Wildman–Crippen LogP) is 1.68. The molecule has 2 rings (SSSR count). The largest absolute Gasteiger partial charge is 0.594 e. The third-order valence-electron chi connectivity index (χ3n) is 1.85. The first-order valence-electron chi connectivity index (χ1n) is 4.25. The highest BCUT2D eigenvalue weighted by atomic mass is 79.9. The van der Waals surface area contributed by atoms with Crippen LogP contribution in [0.15, 0.2) is 29.1 Å². The molecule has 2 aromatic heterocycles. The molecule has 5 nitrogen and oxygen atoms in total. The molecule has 0 aliphatic heterocycles. The molecule has 2 heterocycles. The molecular weight excluding hydrogens is 305 g/mol. The van der Waals surface area contributed by atoms with Gasteiger partial charge >= 0.3 is 6.18 Å². The van der Waals surface area contributed by atoms with E-state index < -0.39 is 11.7 Å². The second kappa shape index (κ2) is 3.99. The molecule has 0 aromatic carbocycles. The van der Waals surface area contributed by atoms with E-state index in [0.29, 0.717) is 10.7 Å². The number of aromatic nitrogens is 4. The monoisotopic (exact) mass is 308 g/mol. The zero-order chi connectivity index (χ0) is 12.6. The van der Waals surface area contributed by atoms with Gasteiger partial charge in [-0.3, -0.25) is 0 Å². The summed E-state index contributed by atoms with van der Waals surface area (Å²) in [6.45, 7) is 0. The predicted molar refractivity (Wildman–Crippen MR) is 53.0 cm³/mol. The minimum Gasteiger partial charge on any atom is -0.594 e. The van der Waals surface area contributed by atoms with E-state index in [9.17, 15) is 18.4 Å². The zero-order valence-corrected chi connectivity index (χ0v) is 9.60. The maximum absolute atomic E-state index is 12.3. The fourth-order valence-electron chi connectivity index (χ4n) is 1.13. The summed E-state index contributed by atoms with van der Waals surface area (Å²) in [5.41, 5.74) is -0.906. The van der Waals surface area contributed by atoms with Gasteiger partial charge in [-0.25, -0.2) is 4.68 Å². The van der Waals surface area contributed by atoms with Crippen LogP contribution in [0.25, 0.3) is 5.82 Å². The molecule has 9 heteroatoms. The summed E-state index contributed by atoms with van der Waals surface area (Å²) in [7, 11) is 0. The Morgan fingerprint density at radius 3 is 2.65 bits per heavy atom. The van der Waals surface area contributed by atoms with Crippen LogP contribution in [0.2, 0.25) is 0 Å². The SMILES string of the molecule is [O-][n+]1cc(Br)cc(-n2cc(C(F)(F)F)cn2)n1. The molecule has 0 fully saturated rings. The number of rotatable bonds is 1. The molecular formula is C8H4BrF3N4O. The molecule has 17 heavy (non-hydrogen) atoms. The Morgan fingerprint density at radius 2 is 2.12 bits per heavy atom. The average molecular weight is 309 g/mol. The normalized spacial score (nSPS) is 11.8. The van der Waals surface area contributed by atoms with Gasteiger partial charge in [0.05, 0.1) is 16.2 Å². The molecule has 0 bridgehead atoms. The van der Waals surface area contributed by atoms with Crippen molar-refractivity contribution < 1.29 is 18.0 Å². The molecule has 0 amide bonds. The summed E-state index contributed by atoms with van der Waals surface area (Å²) in [6, 6.07) is 1.38. The van der Waals surface area contributed by atoms with Crippen molar-refractivity contribution in [2.24, 2.45) is 0 Å². The zero-order valence-electron chi connectivity index (χ0n) is 8.02. The standard InChI is InChI=1S/C8H4BrF3N4O/c9-6-1-7(14-16(17)4-6)15-3-5(2-13-15)8(10,11)12/h1-4H. The van der Waals surface area contributed by atoms with Gasteiger partial charge in [0.1, 0.15) is 0 Å². The summed E-state index contributed by atoms with van der Waals surface area (Å²) in [5.74, 6) is -0.00937. The van der Waals surface area contributed by atoms with Gasteiger partial charge in [0.15, 0.2) is 0 Å². The van der Waals surface area contributed by atoms with Gasteiger partial charge in [-0.1, -0.05) is 4.85 Å². The number of halogens is 4. The second-order valence-electron chi connectivity index (χ2n) is 3.09. The minimum absolute atomic E-state index is 0.00937. The average Bonchev–Trinajstić information content (AvgIpc) is 2.63. The third kappa shape index (κ3) is 2.54. The first-order valence-corrected chi connectivity index (χ1v) is 5.05. The van der Waals surface area contributed by atoms with E-state index in [1.165, 1.54) is 6.07 Å². The molecule has 0 aliphatic rings.